The minimum absolute atomic E-state index is 0.0405. The number of allylic oxidation sites excluding steroid dienone is 2. The van der Waals surface area contributed by atoms with E-state index in [2.05, 4.69) is 140 Å². The minimum atomic E-state index is -0.247. The lowest BCUT2D eigenvalue weighted by Gasteiger charge is -2.71. The monoisotopic (exact) mass is 980 g/mol. The summed E-state index contributed by atoms with van der Waals surface area (Å²) < 4.78 is 6.14. The van der Waals surface area contributed by atoms with Crippen molar-refractivity contribution in [3.8, 4) is 11.1 Å². The van der Waals surface area contributed by atoms with Crippen molar-refractivity contribution in [3.63, 3.8) is 0 Å². The standard InChI is InChI=1S/C74H60O2/c1-9-30(3)19-31(4)45-17-16-36-13-11-12-14-46(36)58(45)50-32(5)20-44(21-33(50)6)73(34(7)15-18-49(75)76-35(8)10-2)48-29-43-27-39-25-40-23-37-22-38-24-41-26-42-28-47-59-54(42)63-56(41)61-52(38)51(37)60-55(40)62-53(39)57(43)70-68-66(62)64(60)65(61)67(63)69(68)71(59)74(48,70)72(47)73/h11-14,16-17,20-22,24-26,28-31,34-35,47-48,59,72H,9-10,15,18-19,23,27H2,1-8H3. The summed E-state index contributed by atoms with van der Waals surface area (Å²) in [6.45, 7) is 18.9. The van der Waals surface area contributed by atoms with E-state index in [1.165, 1.54) is 73.0 Å². The quantitative estimate of drug-likeness (QED) is 0.0901. The highest BCUT2D eigenvalue weighted by Crippen LogP contribution is 2.86. The molecule has 8 aliphatic rings. The van der Waals surface area contributed by atoms with Crippen molar-refractivity contribution in [1.29, 1.82) is 0 Å². The molecule has 20 rings (SSSR count). The maximum atomic E-state index is 14.1. The highest BCUT2D eigenvalue weighted by molar-refractivity contribution is 6.57. The van der Waals surface area contributed by atoms with Crippen LogP contribution in [-0.4, -0.2) is 12.1 Å². The summed E-state index contributed by atoms with van der Waals surface area (Å²) in [5.74, 6) is 2.55. The Morgan fingerprint density at radius 2 is 1.37 bits per heavy atom. The first-order valence-corrected chi connectivity index (χ1v) is 29.6. The Kier molecular flexibility index (Phi) is 6.88. The molecule has 0 bridgehead atoms. The average Bonchev–Trinajstić information content (AvgIpc) is 2.39. The maximum Gasteiger partial charge on any atom is 0.306 e. The van der Waals surface area contributed by atoms with Gasteiger partial charge in [0.25, 0.3) is 0 Å². The van der Waals surface area contributed by atoms with Gasteiger partial charge in [0.05, 0.1) is 6.10 Å². The van der Waals surface area contributed by atoms with Gasteiger partial charge in [0, 0.05) is 29.1 Å². The Labute approximate surface area is 442 Å². The number of aryl methyl sites for hydroxylation is 2. The van der Waals surface area contributed by atoms with E-state index < -0.39 is 0 Å². The van der Waals surface area contributed by atoms with Crippen LogP contribution in [0, 0.1) is 43.4 Å². The predicted octanol–water partition coefficient (Wildman–Crippen LogP) is 16.8. The van der Waals surface area contributed by atoms with Crippen LogP contribution < -0.4 is 10.4 Å². The first-order valence-electron chi connectivity index (χ1n) is 29.6. The van der Waals surface area contributed by atoms with Crippen molar-refractivity contribution in [2.75, 3.05) is 0 Å². The van der Waals surface area contributed by atoms with Crippen LogP contribution in [-0.2, 0) is 33.2 Å². The molecule has 0 N–H and O–H groups in total. The summed E-state index contributed by atoms with van der Waals surface area (Å²) in [6, 6.07) is 30.0. The van der Waals surface area contributed by atoms with Gasteiger partial charge in [-0.2, -0.15) is 0 Å². The fourth-order valence-electron chi connectivity index (χ4n) is 21.4. The van der Waals surface area contributed by atoms with Gasteiger partial charge in [0.2, 0.25) is 0 Å². The molecule has 1 spiro atoms. The Bertz CT molecular complexity index is 4980. The summed E-state index contributed by atoms with van der Waals surface area (Å²) in [5, 5.41) is 31.3. The van der Waals surface area contributed by atoms with Gasteiger partial charge >= 0.3 is 5.97 Å². The van der Waals surface area contributed by atoms with Gasteiger partial charge in [-0.1, -0.05) is 114 Å². The van der Waals surface area contributed by atoms with E-state index in [0.29, 0.717) is 36.0 Å². The molecule has 10 atom stereocenters. The molecule has 12 aromatic carbocycles. The van der Waals surface area contributed by atoms with E-state index in [-0.39, 0.29) is 34.7 Å². The Hall–Kier alpha value is -6.77. The predicted molar refractivity (Wildman–Crippen MR) is 316 cm³/mol. The van der Waals surface area contributed by atoms with Gasteiger partial charge in [-0.25, -0.2) is 0 Å². The highest BCUT2D eigenvalue weighted by atomic mass is 16.5. The van der Waals surface area contributed by atoms with E-state index in [4.69, 9.17) is 4.74 Å². The third-order valence-corrected chi connectivity index (χ3v) is 23.8. The average molecular weight is 981 g/mol. The number of ether oxygens (including phenoxy) is 1. The fraction of sp³-hybridized carbons (Fsp3) is 0.338. The zero-order chi connectivity index (χ0) is 50.4. The molecule has 76 heavy (non-hydrogen) atoms. The number of hydrogen-bond donors (Lipinski definition) is 0. The first kappa shape index (κ1) is 41.4. The van der Waals surface area contributed by atoms with Crippen LogP contribution in [0.3, 0.4) is 0 Å². The lowest BCUT2D eigenvalue weighted by molar-refractivity contribution is -0.149. The SMILES string of the molecule is CCC(C)CC(C)c1ccc2ccccc2c1-c1c(C)cc(C2(C(C)CCC(=O)OC(C)CC)C3C=C4Cc5cc6c7c8c5c4c4c5c9c%10c%11c%12c(cc%13cc%14cc(c%15c%14c(c%13%11)c%10c(c%157)c58)C6)=CC5C%12C=9C43C52)cc1C. The number of carbonyl (C=O) groups excluding carboxylic acids is 1. The van der Waals surface area contributed by atoms with Crippen molar-refractivity contribution in [2.45, 2.75) is 129 Å². The largest absolute Gasteiger partial charge is 0.463 e. The van der Waals surface area contributed by atoms with Gasteiger partial charge < -0.3 is 4.74 Å². The van der Waals surface area contributed by atoms with Crippen LogP contribution in [0.15, 0.2) is 78.9 Å². The number of esters is 1. The molecule has 2 saturated carbocycles. The summed E-state index contributed by atoms with van der Waals surface area (Å²) in [7, 11) is 0. The highest BCUT2D eigenvalue weighted by Gasteiger charge is 2.82. The fourth-order valence-corrected chi connectivity index (χ4v) is 21.4. The molecule has 12 aromatic rings. The number of carbonyl (C=O) groups is 1. The number of rotatable bonds is 12. The molecule has 2 nitrogen and oxygen atoms in total. The smallest absolute Gasteiger partial charge is 0.306 e. The molecule has 368 valence electrons. The van der Waals surface area contributed by atoms with Crippen molar-refractivity contribution < 1.29 is 9.53 Å². The molecule has 8 aliphatic carbocycles. The molecule has 0 saturated heterocycles. The van der Waals surface area contributed by atoms with Crippen molar-refractivity contribution in [1.82, 2.24) is 0 Å². The molecule has 10 unspecified atom stereocenters. The Morgan fingerprint density at radius 1 is 0.658 bits per heavy atom. The second-order valence-corrected chi connectivity index (χ2v) is 26.8. The molecule has 0 radical (unpaired) electrons. The lowest BCUT2D eigenvalue weighted by atomic mass is 9.31. The second kappa shape index (κ2) is 12.6. The van der Waals surface area contributed by atoms with E-state index >= 15 is 0 Å². The minimum Gasteiger partial charge on any atom is -0.463 e. The first-order chi connectivity index (χ1) is 37.0. The third kappa shape index (κ3) is 3.92. The molecule has 0 aliphatic heterocycles. The molecule has 2 heteroatoms. The molecular formula is C74H60O2. The van der Waals surface area contributed by atoms with Crippen LogP contribution in [0.1, 0.15) is 141 Å². The lowest BCUT2D eigenvalue weighted by Crippen LogP contribution is -2.71. The molecule has 0 aromatic heterocycles. The molecular weight excluding hydrogens is 921 g/mol. The van der Waals surface area contributed by atoms with E-state index in [1.54, 1.807) is 125 Å². The normalized spacial score (nSPS) is 25.9. The zero-order valence-electron chi connectivity index (χ0n) is 45.0. The van der Waals surface area contributed by atoms with Crippen molar-refractivity contribution in [2.24, 2.45) is 29.6 Å². The molecule has 0 amide bonds. The summed E-state index contributed by atoms with van der Waals surface area (Å²) in [4.78, 5) is 14.1. The second-order valence-electron chi connectivity index (χ2n) is 26.8. The van der Waals surface area contributed by atoms with Crippen molar-refractivity contribution in [3.05, 3.63) is 145 Å². The summed E-state index contributed by atoms with van der Waals surface area (Å²) in [6.07, 6.45) is 12.2. The number of fused-ring (bicyclic) bond motifs is 2. The van der Waals surface area contributed by atoms with Crippen molar-refractivity contribution >= 4 is 120 Å². The maximum absolute atomic E-state index is 14.1. The Morgan fingerprint density at radius 3 is 2.20 bits per heavy atom. The summed E-state index contributed by atoms with van der Waals surface area (Å²) >= 11 is 0. The van der Waals surface area contributed by atoms with Crippen LogP contribution >= 0.6 is 0 Å². The van der Waals surface area contributed by atoms with Crippen LogP contribution in [0.5, 0.6) is 0 Å². The van der Waals surface area contributed by atoms with E-state index in [0.717, 1.165) is 25.7 Å². The van der Waals surface area contributed by atoms with Gasteiger partial charge in [0.15, 0.2) is 0 Å². The summed E-state index contributed by atoms with van der Waals surface area (Å²) in [5.41, 5.74) is 21.4. The van der Waals surface area contributed by atoms with Crippen LogP contribution in [0.4, 0.5) is 0 Å². The van der Waals surface area contributed by atoms with Gasteiger partial charge in [-0.05, 0) is 280 Å². The van der Waals surface area contributed by atoms with E-state index in [1.807, 2.05) is 0 Å². The topological polar surface area (TPSA) is 26.3 Å². The van der Waals surface area contributed by atoms with Gasteiger partial charge in [0.1, 0.15) is 0 Å². The van der Waals surface area contributed by atoms with Gasteiger partial charge in [-0.15, -0.1) is 0 Å². The molecule has 2 fully saturated rings. The Balaban J connectivity index is 0.910. The number of hydrogen-bond acceptors (Lipinski definition) is 2. The van der Waals surface area contributed by atoms with Gasteiger partial charge in [-0.3, -0.25) is 4.79 Å². The van der Waals surface area contributed by atoms with E-state index in [9.17, 15) is 4.79 Å². The van der Waals surface area contributed by atoms with Crippen LogP contribution in [0.2, 0.25) is 0 Å². The van der Waals surface area contributed by atoms with Crippen LogP contribution in [0.25, 0.3) is 125 Å². The third-order valence-electron chi connectivity index (χ3n) is 23.8. The zero-order valence-corrected chi connectivity index (χ0v) is 45.0. The molecule has 0 heterocycles. The number of benzene rings is 9.